The zero-order valence-electron chi connectivity index (χ0n) is 9.62. The molecule has 3 amide bonds. The zero-order valence-corrected chi connectivity index (χ0v) is 9.62. The average Bonchev–Trinajstić information content (AvgIpc) is 2.67. The van der Waals surface area contributed by atoms with Crippen molar-refractivity contribution in [3.05, 3.63) is 0 Å². The van der Waals surface area contributed by atoms with Crippen LogP contribution in [0.15, 0.2) is 0 Å². The highest BCUT2D eigenvalue weighted by Crippen LogP contribution is 2.02. The fourth-order valence-electron chi connectivity index (χ4n) is 1.40. The third-order valence-electron chi connectivity index (χ3n) is 2.27. The summed E-state index contributed by atoms with van der Waals surface area (Å²) in [6.07, 6.45) is 1.41. The second-order valence-corrected chi connectivity index (χ2v) is 3.64. The second-order valence-electron chi connectivity index (χ2n) is 3.64. The molecule has 1 aliphatic rings. The summed E-state index contributed by atoms with van der Waals surface area (Å²) in [5, 5.41) is 5.44. The number of hydrogen-bond acceptors (Lipinski definition) is 3. The van der Waals surface area contributed by atoms with Crippen LogP contribution in [0.1, 0.15) is 19.8 Å². The second kappa shape index (κ2) is 6.92. The predicted octanol–water partition coefficient (Wildman–Crippen LogP) is 0.538. The van der Waals surface area contributed by atoms with E-state index in [1.165, 1.54) is 0 Å². The number of nitrogens with zero attached hydrogens (tertiary/aromatic N) is 1. The molecule has 0 unspecified atom stereocenters. The molecule has 0 aromatic rings. The van der Waals surface area contributed by atoms with E-state index >= 15 is 0 Å². The van der Waals surface area contributed by atoms with Gasteiger partial charge in [0.15, 0.2) is 0 Å². The van der Waals surface area contributed by atoms with Gasteiger partial charge in [-0.3, -0.25) is 0 Å². The lowest BCUT2D eigenvalue weighted by Gasteiger charge is -2.12. The standard InChI is InChI=1S/C10H19N3O3/c1-2-4-11-9(14)12-5-3-6-13-7-8-16-10(13)15/h2-8H2,1H3,(H2,11,12,14). The molecule has 1 heterocycles. The first-order chi connectivity index (χ1) is 7.74. The maximum Gasteiger partial charge on any atom is 0.409 e. The number of amides is 3. The van der Waals surface area contributed by atoms with Gasteiger partial charge >= 0.3 is 12.1 Å². The van der Waals surface area contributed by atoms with Gasteiger partial charge in [-0.25, -0.2) is 9.59 Å². The maximum absolute atomic E-state index is 11.1. The lowest BCUT2D eigenvalue weighted by molar-refractivity contribution is 0.158. The van der Waals surface area contributed by atoms with E-state index in [1.807, 2.05) is 6.92 Å². The van der Waals surface area contributed by atoms with E-state index in [1.54, 1.807) is 4.90 Å². The molecular weight excluding hydrogens is 210 g/mol. The molecular formula is C10H19N3O3. The molecule has 1 rings (SSSR count). The third kappa shape index (κ3) is 4.37. The van der Waals surface area contributed by atoms with Gasteiger partial charge in [-0.15, -0.1) is 0 Å². The van der Waals surface area contributed by atoms with E-state index < -0.39 is 0 Å². The molecule has 1 fully saturated rings. The molecule has 92 valence electrons. The Hall–Kier alpha value is -1.46. The minimum Gasteiger partial charge on any atom is -0.448 e. The van der Waals surface area contributed by atoms with Crippen LogP contribution >= 0.6 is 0 Å². The SMILES string of the molecule is CCCNC(=O)NCCCN1CCOC1=O. The highest BCUT2D eigenvalue weighted by atomic mass is 16.6. The summed E-state index contributed by atoms with van der Waals surface area (Å²) in [5.74, 6) is 0. The Morgan fingerprint density at radius 2 is 2.19 bits per heavy atom. The fraction of sp³-hybridized carbons (Fsp3) is 0.800. The number of hydrogen-bond donors (Lipinski definition) is 2. The van der Waals surface area contributed by atoms with Crippen molar-refractivity contribution >= 4 is 12.1 Å². The first kappa shape index (κ1) is 12.6. The summed E-state index contributed by atoms with van der Waals surface area (Å²) in [6, 6.07) is -0.147. The van der Waals surface area contributed by atoms with Crippen molar-refractivity contribution < 1.29 is 14.3 Å². The number of rotatable bonds is 6. The lowest BCUT2D eigenvalue weighted by Crippen LogP contribution is -2.37. The van der Waals surface area contributed by atoms with Crippen LogP contribution in [0.2, 0.25) is 0 Å². The predicted molar refractivity (Wildman–Crippen MR) is 59.2 cm³/mol. The van der Waals surface area contributed by atoms with Gasteiger partial charge in [0.1, 0.15) is 6.61 Å². The van der Waals surface area contributed by atoms with Gasteiger partial charge in [0.25, 0.3) is 0 Å². The van der Waals surface area contributed by atoms with Crippen LogP contribution in [0, 0.1) is 0 Å². The van der Waals surface area contributed by atoms with E-state index in [0.717, 1.165) is 12.8 Å². The van der Waals surface area contributed by atoms with Crippen LogP contribution in [0.4, 0.5) is 9.59 Å². The van der Waals surface area contributed by atoms with Crippen molar-refractivity contribution in [3.8, 4) is 0 Å². The molecule has 1 aliphatic heterocycles. The largest absolute Gasteiger partial charge is 0.448 e. The Labute approximate surface area is 95.3 Å². The normalized spacial score (nSPS) is 14.8. The first-order valence-electron chi connectivity index (χ1n) is 5.67. The van der Waals surface area contributed by atoms with Gasteiger partial charge < -0.3 is 20.3 Å². The van der Waals surface area contributed by atoms with Crippen molar-refractivity contribution in [1.82, 2.24) is 15.5 Å². The van der Waals surface area contributed by atoms with E-state index in [4.69, 9.17) is 4.74 Å². The monoisotopic (exact) mass is 229 g/mol. The highest BCUT2D eigenvalue weighted by molar-refractivity contribution is 5.73. The molecule has 16 heavy (non-hydrogen) atoms. The molecule has 6 nitrogen and oxygen atoms in total. The first-order valence-corrected chi connectivity index (χ1v) is 5.67. The molecule has 0 bridgehead atoms. The van der Waals surface area contributed by atoms with E-state index in [-0.39, 0.29) is 12.1 Å². The van der Waals surface area contributed by atoms with Crippen LogP contribution < -0.4 is 10.6 Å². The van der Waals surface area contributed by atoms with Gasteiger partial charge in [0.05, 0.1) is 6.54 Å². The quantitative estimate of drug-likeness (QED) is 0.653. The number of ether oxygens (including phenoxy) is 1. The van der Waals surface area contributed by atoms with Crippen LogP contribution in [0.5, 0.6) is 0 Å². The van der Waals surface area contributed by atoms with Gasteiger partial charge in [0, 0.05) is 19.6 Å². The average molecular weight is 229 g/mol. The van der Waals surface area contributed by atoms with Crippen molar-refractivity contribution in [3.63, 3.8) is 0 Å². The van der Waals surface area contributed by atoms with Crippen LogP contribution in [0.25, 0.3) is 0 Å². The molecule has 2 N–H and O–H groups in total. The van der Waals surface area contributed by atoms with Crippen molar-refractivity contribution in [1.29, 1.82) is 0 Å². The minimum atomic E-state index is -0.254. The number of carbonyl (C=O) groups excluding carboxylic acids is 2. The Kier molecular flexibility index (Phi) is 5.45. The smallest absolute Gasteiger partial charge is 0.409 e. The molecule has 0 aromatic heterocycles. The summed E-state index contributed by atoms with van der Waals surface area (Å²) in [5.41, 5.74) is 0. The van der Waals surface area contributed by atoms with Gasteiger partial charge in [-0.2, -0.15) is 0 Å². The summed E-state index contributed by atoms with van der Waals surface area (Å²) >= 11 is 0. The molecule has 0 radical (unpaired) electrons. The Morgan fingerprint density at radius 3 is 2.81 bits per heavy atom. The lowest BCUT2D eigenvalue weighted by atomic mass is 10.4. The van der Waals surface area contributed by atoms with E-state index in [0.29, 0.717) is 32.8 Å². The molecule has 0 atom stereocenters. The van der Waals surface area contributed by atoms with Gasteiger partial charge in [-0.05, 0) is 12.8 Å². The van der Waals surface area contributed by atoms with Gasteiger partial charge in [-0.1, -0.05) is 6.92 Å². The summed E-state index contributed by atoms with van der Waals surface area (Å²) < 4.78 is 4.78. The highest BCUT2D eigenvalue weighted by Gasteiger charge is 2.20. The van der Waals surface area contributed by atoms with Crippen molar-refractivity contribution in [2.45, 2.75) is 19.8 Å². The minimum absolute atomic E-state index is 0.147. The third-order valence-corrected chi connectivity index (χ3v) is 2.27. The molecule has 0 saturated carbocycles. The molecule has 1 saturated heterocycles. The summed E-state index contributed by atoms with van der Waals surface area (Å²) in [6.45, 7) is 5.01. The number of cyclic esters (lactones) is 1. The Balaban J connectivity index is 1.99. The molecule has 6 heteroatoms. The number of urea groups is 1. The van der Waals surface area contributed by atoms with Crippen molar-refractivity contribution in [2.24, 2.45) is 0 Å². The van der Waals surface area contributed by atoms with Crippen LogP contribution in [-0.2, 0) is 4.74 Å². The number of nitrogens with one attached hydrogen (secondary N) is 2. The van der Waals surface area contributed by atoms with Gasteiger partial charge in [0.2, 0.25) is 0 Å². The summed E-state index contributed by atoms with van der Waals surface area (Å²) in [7, 11) is 0. The molecule has 0 aliphatic carbocycles. The Morgan fingerprint density at radius 1 is 1.44 bits per heavy atom. The molecule has 0 spiro atoms. The topological polar surface area (TPSA) is 70.7 Å². The zero-order chi connectivity index (χ0) is 11.8. The van der Waals surface area contributed by atoms with E-state index in [2.05, 4.69) is 10.6 Å². The van der Waals surface area contributed by atoms with E-state index in [9.17, 15) is 9.59 Å². The van der Waals surface area contributed by atoms with Crippen LogP contribution in [0.3, 0.4) is 0 Å². The Bertz CT molecular complexity index is 245. The van der Waals surface area contributed by atoms with Crippen molar-refractivity contribution in [2.75, 3.05) is 32.8 Å². The number of carbonyl (C=O) groups is 2. The van der Waals surface area contributed by atoms with Crippen LogP contribution in [-0.4, -0.2) is 49.8 Å². The maximum atomic E-state index is 11.1. The fourth-order valence-corrected chi connectivity index (χ4v) is 1.40. The molecule has 0 aromatic carbocycles. The summed E-state index contributed by atoms with van der Waals surface area (Å²) in [4.78, 5) is 23.8.